The molecule has 1 heterocycles. The Morgan fingerprint density at radius 1 is 1.15 bits per heavy atom. The van der Waals surface area contributed by atoms with Gasteiger partial charge in [-0.1, -0.05) is 23.7 Å². The number of carbonyl (C=O) groups excluding carboxylic acids is 2. The number of hydrogen-bond donors (Lipinski definition) is 1. The van der Waals surface area contributed by atoms with Crippen molar-refractivity contribution in [1.82, 2.24) is 4.90 Å². The van der Waals surface area contributed by atoms with Crippen LogP contribution in [-0.4, -0.2) is 34.6 Å². The smallest absolute Gasteiger partial charge is 0.275 e. The minimum absolute atomic E-state index is 0.0993. The molecule has 0 aromatic heterocycles. The molecule has 1 aliphatic rings. The van der Waals surface area contributed by atoms with Gasteiger partial charge in [0.1, 0.15) is 17.9 Å². The fraction of sp³-hybridized carbons (Fsp3) is 0.211. The van der Waals surface area contributed by atoms with Gasteiger partial charge in [-0.05, 0) is 38.1 Å². The highest BCUT2D eigenvalue weighted by molar-refractivity contribution is 6.47. The van der Waals surface area contributed by atoms with E-state index in [0.717, 1.165) is 12.1 Å². The minimum Gasteiger partial charge on any atom is -0.324 e. The van der Waals surface area contributed by atoms with Crippen LogP contribution < -0.4 is 5.32 Å². The molecule has 27 heavy (non-hydrogen) atoms. The first kappa shape index (κ1) is 19.0. The molecular formula is C19H16ClF2N3O2. The van der Waals surface area contributed by atoms with Crippen molar-refractivity contribution in [3.8, 4) is 0 Å². The van der Waals surface area contributed by atoms with Crippen LogP contribution >= 0.6 is 11.6 Å². The second-order valence-corrected chi connectivity index (χ2v) is 6.97. The van der Waals surface area contributed by atoms with E-state index in [2.05, 4.69) is 10.3 Å². The van der Waals surface area contributed by atoms with Gasteiger partial charge in [-0.3, -0.25) is 14.6 Å². The van der Waals surface area contributed by atoms with Gasteiger partial charge in [0, 0.05) is 22.3 Å². The normalized spacial score (nSPS) is 15.7. The molecule has 2 amide bonds. The van der Waals surface area contributed by atoms with Gasteiger partial charge in [-0.2, -0.15) is 0 Å². The summed E-state index contributed by atoms with van der Waals surface area (Å²) in [5.74, 6) is -3.03. The van der Waals surface area contributed by atoms with Crippen LogP contribution in [-0.2, 0) is 9.59 Å². The quantitative estimate of drug-likeness (QED) is 0.865. The monoisotopic (exact) mass is 391 g/mol. The number of hydrogen-bond acceptors (Lipinski definition) is 3. The van der Waals surface area contributed by atoms with Crippen LogP contribution in [0.2, 0.25) is 5.02 Å². The van der Waals surface area contributed by atoms with Gasteiger partial charge in [0.05, 0.1) is 0 Å². The molecule has 0 unspecified atom stereocenters. The van der Waals surface area contributed by atoms with E-state index in [0.29, 0.717) is 10.6 Å². The van der Waals surface area contributed by atoms with Crippen LogP contribution in [0.15, 0.2) is 47.5 Å². The van der Waals surface area contributed by atoms with Gasteiger partial charge in [0.15, 0.2) is 11.6 Å². The lowest BCUT2D eigenvalue weighted by Crippen LogP contribution is -2.46. The zero-order valence-corrected chi connectivity index (χ0v) is 15.3. The molecule has 0 spiro atoms. The Morgan fingerprint density at radius 2 is 1.81 bits per heavy atom. The predicted octanol–water partition coefficient (Wildman–Crippen LogP) is 3.62. The molecule has 0 saturated heterocycles. The van der Waals surface area contributed by atoms with Gasteiger partial charge in [-0.15, -0.1) is 0 Å². The average Bonchev–Trinajstić information content (AvgIpc) is 2.82. The van der Waals surface area contributed by atoms with Crippen molar-refractivity contribution in [2.24, 2.45) is 4.99 Å². The maximum absolute atomic E-state index is 13.3. The van der Waals surface area contributed by atoms with Gasteiger partial charge in [0.2, 0.25) is 5.91 Å². The standard InChI is InChI=1S/C19H16ClF2N3O2/c1-19(2)24-17(11-3-5-12(20)6-4-11)18(27)25(19)10-16(26)23-13-7-8-14(21)15(22)9-13/h3-9H,10H2,1-2H3,(H,23,26). The summed E-state index contributed by atoms with van der Waals surface area (Å²) in [5.41, 5.74) is -0.00210. The maximum atomic E-state index is 13.3. The lowest BCUT2D eigenvalue weighted by Gasteiger charge is -2.28. The van der Waals surface area contributed by atoms with Gasteiger partial charge in [0.25, 0.3) is 5.91 Å². The van der Waals surface area contributed by atoms with Crippen molar-refractivity contribution in [3.63, 3.8) is 0 Å². The molecule has 0 bridgehead atoms. The minimum atomic E-state index is -1.07. The second kappa shape index (κ2) is 7.08. The Balaban J connectivity index is 1.75. The summed E-state index contributed by atoms with van der Waals surface area (Å²) in [6.45, 7) is 3.13. The second-order valence-electron chi connectivity index (χ2n) is 6.53. The first-order chi connectivity index (χ1) is 12.7. The largest absolute Gasteiger partial charge is 0.324 e. The molecule has 0 saturated carbocycles. The van der Waals surface area contributed by atoms with Crippen LogP contribution in [0, 0.1) is 11.6 Å². The Labute approximate surface area is 159 Å². The Bertz CT molecular complexity index is 942. The number of nitrogens with zero attached hydrogens (tertiary/aromatic N) is 2. The number of halogens is 3. The van der Waals surface area contributed by atoms with E-state index in [9.17, 15) is 18.4 Å². The number of rotatable bonds is 4. The number of anilines is 1. The van der Waals surface area contributed by atoms with Gasteiger partial charge < -0.3 is 10.2 Å². The third-order valence-corrected chi connectivity index (χ3v) is 4.37. The molecule has 0 atom stereocenters. The Kier molecular flexibility index (Phi) is 4.97. The van der Waals surface area contributed by atoms with Crippen LogP contribution in [0.4, 0.5) is 14.5 Å². The lowest BCUT2D eigenvalue weighted by molar-refractivity contribution is -0.131. The highest BCUT2D eigenvalue weighted by atomic mass is 35.5. The summed E-state index contributed by atoms with van der Waals surface area (Å²) < 4.78 is 26.3. The zero-order chi connectivity index (χ0) is 19.8. The summed E-state index contributed by atoms with van der Waals surface area (Å²) in [4.78, 5) is 30.8. The molecule has 140 valence electrons. The van der Waals surface area contributed by atoms with E-state index in [-0.39, 0.29) is 17.9 Å². The summed E-state index contributed by atoms with van der Waals surface area (Å²) in [5, 5.41) is 2.98. The Hall–Kier alpha value is -2.80. The van der Waals surface area contributed by atoms with E-state index in [4.69, 9.17) is 11.6 Å². The van der Waals surface area contributed by atoms with E-state index < -0.39 is 29.1 Å². The lowest BCUT2D eigenvalue weighted by atomic mass is 10.1. The van der Waals surface area contributed by atoms with E-state index in [1.165, 1.54) is 11.0 Å². The molecule has 0 aliphatic carbocycles. The zero-order valence-electron chi connectivity index (χ0n) is 14.6. The van der Waals surface area contributed by atoms with Crippen molar-refractivity contribution >= 4 is 34.8 Å². The third kappa shape index (κ3) is 3.98. The van der Waals surface area contributed by atoms with E-state index in [1.54, 1.807) is 38.1 Å². The highest BCUT2D eigenvalue weighted by Gasteiger charge is 2.41. The fourth-order valence-corrected chi connectivity index (χ4v) is 2.86. The first-order valence-electron chi connectivity index (χ1n) is 8.10. The van der Waals surface area contributed by atoms with Crippen molar-refractivity contribution < 1.29 is 18.4 Å². The summed E-state index contributed by atoms with van der Waals surface area (Å²) in [6, 6.07) is 9.69. The Morgan fingerprint density at radius 3 is 2.44 bits per heavy atom. The van der Waals surface area contributed by atoms with Crippen molar-refractivity contribution in [3.05, 3.63) is 64.7 Å². The number of nitrogens with one attached hydrogen (secondary N) is 1. The molecule has 8 heteroatoms. The SMILES string of the molecule is CC1(C)N=C(c2ccc(Cl)cc2)C(=O)N1CC(=O)Nc1ccc(F)c(F)c1. The van der Waals surface area contributed by atoms with Crippen LogP contribution in [0.25, 0.3) is 0 Å². The fourth-order valence-electron chi connectivity index (χ4n) is 2.74. The van der Waals surface area contributed by atoms with E-state index >= 15 is 0 Å². The molecular weight excluding hydrogens is 376 g/mol. The van der Waals surface area contributed by atoms with Crippen LogP contribution in [0.3, 0.4) is 0 Å². The van der Waals surface area contributed by atoms with Crippen molar-refractivity contribution in [1.29, 1.82) is 0 Å². The summed E-state index contributed by atoms with van der Waals surface area (Å²) >= 11 is 5.87. The van der Waals surface area contributed by atoms with Crippen LogP contribution in [0.5, 0.6) is 0 Å². The topological polar surface area (TPSA) is 61.8 Å². The maximum Gasteiger partial charge on any atom is 0.275 e. The first-order valence-corrected chi connectivity index (χ1v) is 8.48. The molecule has 5 nitrogen and oxygen atoms in total. The molecule has 0 fully saturated rings. The van der Waals surface area contributed by atoms with Crippen molar-refractivity contribution in [2.45, 2.75) is 19.5 Å². The summed E-state index contributed by atoms with van der Waals surface area (Å²) in [7, 11) is 0. The highest BCUT2D eigenvalue weighted by Crippen LogP contribution is 2.27. The van der Waals surface area contributed by atoms with Gasteiger partial charge >= 0.3 is 0 Å². The van der Waals surface area contributed by atoms with Crippen LogP contribution in [0.1, 0.15) is 19.4 Å². The number of benzene rings is 2. The number of aliphatic imine (C=N–C) groups is 1. The molecule has 1 aliphatic heterocycles. The molecule has 3 rings (SSSR count). The molecule has 2 aromatic carbocycles. The number of carbonyl (C=O) groups is 2. The van der Waals surface area contributed by atoms with Gasteiger partial charge in [-0.25, -0.2) is 8.78 Å². The molecule has 0 radical (unpaired) electrons. The molecule has 1 N–H and O–H groups in total. The average molecular weight is 392 g/mol. The molecule has 2 aromatic rings. The summed E-state index contributed by atoms with van der Waals surface area (Å²) in [6.07, 6.45) is 0. The number of amides is 2. The van der Waals surface area contributed by atoms with E-state index in [1.807, 2.05) is 0 Å². The van der Waals surface area contributed by atoms with Crippen molar-refractivity contribution in [2.75, 3.05) is 11.9 Å². The predicted molar refractivity (Wildman–Crippen MR) is 98.8 cm³/mol. The third-order valence-electron chi connectivity index (χ3n) is 4.12.